The molecular formula is C24H44O2. The van der Waals surface area contributed by atoms with Crippen LogP contribution in [0.25, 0.3) is 0 Å². The molecule has 0 aliphatic heterocycles. The van der Waals surface area contributed by atoms with Crippen LogP contribution in [0.2, 0.25) is 0 Å². The predicted molar refractivity (Wildman–Crippen MR) is 112 cm³/mol. The molecule has 2 heteroatoms. The summed E-state index contributed by atoms with van der Waals surface area (Å²) in [5.41, 5.74) is 0. The highest BCUT2D eigenvalue weighted by Crippen LogP contribution is 2.23. The highest BCUT2D eigenvalue weighted by Gasteiger charge is 2.26. The van der Waals surface area contributed by atoms with Crippen molar-refractivity contribution >= 4 is 11.6 Å². The molecule has 1 aliphatic rings. The van der Waals surface area contributed by atoms with Crippen LogP contribution in [0.3, 0.4) is 0 Å². The van der Waals surface area contributed by atoms with E-state index in [4.69, 9.17) is 0 Å². The van der Waals surface area contributed by atoms with Gasteiger partial charge in [0.05, 0.1) is 0 Å². The van der Waals surface area contributed by atoms with E-state index < -0.39 is 0 Å². The number of hydrogen-bond acceptors (Lipinski definition) is 2. The van der Waals surface area contributed by atoms with E-state index in [-0.39, 0.29) is 5.92 Å². The van der Waals surface area contributed by atoms with Gasteiger partial charge < -0.3 is 0 Å². The molecule has 2 nitrogen and oxygen atoms in total. The predicted octanol–water partition coefficient (Wildman–Crippen LogP) is 7.58. The Balaban J connectivity index is 1.76. The highest BCUT2D eigenvalue weighted by molar-refractivity contribution is 5.94. The van der Waals surface area contributed by atoms with Gasteiger partial charge in [0, 0.05) is 25.2 Å². The average Bonchev–Trinajstić information content (AvgIpc) is 2.64. The first-order valence-corrected chi connectivity index (χ1v) is 11.8. The van der Waals surface area contributed by atoms with E-state index in [0.717, 1.165) is 12.8 Å². The van der Waals surface area contributed by atoms with Gasteiger partial charge >= 0.3 is 0 Å². The van der Waals surface area contributed by atoms with Gasteiger partial charge in [-0.2, -0.15) is 0 Å². The molecule has 0 N–H and O–H groups in total. The van der Waals surface area contributed by atoms with Gasteiger partial charge in [0.25, 0.3) is 0 Å². The highest BCUT2D eigenvalue weighted by atomic mass is 16.1. The van der Waals surface area contributed by atoms with Crippen LogP contribution in [0.5, 0.6) is 0 Å². The molecule has 0 bridgehead atoms. The Morgan fingerprint density at radius 1 is 0.615 bits per heavy atom. The molecule has 1 rings (SSSR count). The normalized spacial score (nSPS) is 17.8. The Labute approximate surface area is 162 Å². The second kappa shape index (κ2) is 16.5. The zero-order valence-corrected chi connectivity index (χ0v) is 17.5. The first-order valence-electron chi connectivity index (χ1n) is 11.8. The molecule has 0 saturated heterocycles. The van der Waals surface area contributed by atoms with E-state index >= 15 is 0 Å². The fourth-order valence-corrected chi connectivity index (χ4v) is 4.16. The van der Waals surface area contributed by atoms with Gasteiger partial charge in [-0.3, -0.25) is 9.59 Å². The molecule has 0 aromatic carbocycles. The SMILES string of the molecule is CCCCCCCCCCCCCCCCCCC1CC(=O)CCC1=O. The first kappa shape index (κ1) is 23.4. The van der Waals surface area contributed by atoms with Gasteiger partial charge in [-0.1, -0.05) is 110 Å². The minimum Gasteiger partial charge on any atom is -0.300 e. The van der Waals surface area contributed by atoms with Crippen molar-refractivity contribution in [3.05, 3.63) is 0 Å². The minimum atomic E-state index is 0.0582. The van der Waals surface area contributed by atoms with Crippen LogP contribution in [-0.2, 0) is 9.59 Å². The van der Waals surface area contributed by atoms with Crippen LogP contribution in [0.15, 0.2) is 0 Å². The molecule has 0 amide bonds. The lowest BCUT2D eigenvalue weighted by atomic mass is 9.83. The zero-order chi connectivity index (χ0) is 18.9. The maximum atomic E-state index is 11.8. The number of unbranched alkanes of at least 4 members (excludes halogenated alkanes) is 15. The molecular weight excluding hydrogens is 320 g/mol. The summed E-state index contributed by atoms with van der Waals surface area (Å²) in [6.45, 7) is 2.28. The molecule has 0 aromatic rings. The Bertz CT molecular complexity index is 361. The van der Waals surface area contributed by atoms with Crippen molar-refractivity contribution in [2.24, 2.45) is 5.92 Å². The Kier molecular flexibility index (Phi) is 14.8. The third-order valence-electron chi connectivity index (χ3n) is 5.99. The van der Waals surface area contributed by atoms with Gasteiger partial charge in [0.15, 0.2) is 0 Å². The summed E-state index contributed by atoms with van der Waals surface area (Å²) in [4.78, 5) is 23.2. The van der Waals surface area contributed by atoms with Crippen molar-refractivity contribution in [3.63, 3.8) is 0 Å². The largest absolute Gasteiger partial charge is 0.300 e. The molecule has 1 saturated carbocycles. The van der Waals surface area contributed by atoms with Gasteiger partial charge in [0.1, 0.15) is 11.6 Å². The van der Waals surface area contributed by atoms with Gasteiger partial charge in [0.2, 0.25) is 0 Å². The smallest absolute Gasteiger partial charge is 0.136 e. The Morgan fingerprint density at radius 2 is 1.04 bits per heavy atom. The third-order valence-corrected chi connectivity index (χ3v) is 5.99. The van der Waals surface area contributed by atoms with E-state index in [1.54, 1.807) is 0 Å². The lowest BCUT2D eigenvalue weighted by molar-refractivity contribution is -0.133. The van der Waals surface area contributed by atoms with E-state index in [2.05, 4.69) is 6.92 Å². The Hall–Kier alpha value is -0.660. The maximum absolute atomic E-state index is 11.8. The van der Waals surface area contributed by atoms with Crippen molar-refractivity contribution in [1.82, 2.24) is 0 Å². The molecule has 1 fully saturated rings. The number of carbonyl (C=O) groups excluding carboxylic acids is 2. The molecule has 0 aromatic heterocycles. The zero-order valence-electron chi connectivity index (χ0n) is 17.5. The maximum Gasteiger partial charge on any atom is 0.136 e. The number of hydrogen-bond donors (Lipinski definition) is 0. The second-order valence-corrected chi connectivity index (χ2v) is 8.50. The van der Waals surface area contributed by atoms with Crippen molar-refractivity contribution < 1.29 is 9.59 Å². The van der Waals surface area contributed by atoms with Crippen LogP contribution in [-0.4, -0.2) is 11.6 Å². The molecule has 152 valence electrons. The first-order chi connectivity index (χ1) is 12.7. The van der Waals surface area contributed by atoms with Crippen molar-refractivity contribution in [2.75, 3.05) is 0 Å². The monoisotopic (exact) mass is 364 g/mol. The molecule has 0 spiro atoms. The van der Waals surface area contributed by atoms with Crippen molar-refractivity contribution in [2.45, 2.75) is 135 Å². The average molecular weight is 365 g/mol. The molecule has 1 unspecified atom stereocenters. The summed E-state index contributed by atoms with van der Waals surface area (Å²) in [5, 5.41) is 0. The van der Waals surface area contributed by atoms with Gasteiger partial charge in [-0.15, -0.1) is 0 Å². The second-order valence-electron chi connectivity index (χ2n) is 8.50. The van der Waals surface area contributed by atoms with E-state index in [0.29, 0.717) is 30.8 Å². The lowest BCUT2D eigenvalue weighted by Crippen LogP contribution is -2.24. The van der Waals surface area contributed by atoms with Crippen molar-refractivity contribution in [3.8, 4) is 0 Å². The minimum absolute atomic E-state index is 0.0582. The number of Topliss-reactive ketones (excluding diaryl/α,β-unsaturated/α-hetero) is 2. The topological polar surface area (TPSA) is 34.1 Å². The van der Waals surface area contributed by atoms with Crippen LogP contribution in [0.1, 0.15) is 135 Å². The number of carbonyl (C=O) groups is 2. The summed E-state index contributed by atoms with van der Waals surface area (Å²) in [5.74, 6) is 0.694. The lowest BCUT2D eigenvalue weighted by Gasteiger charge is -2.19. The van der Waals surface area contributed by atoms with E-state index in [9.17, 15) is 9.59 Å². The van der Waals surface area contributed by atoms with Gasteiger partial charge in [-0.25, -0.2) is 0 Å². The number of rotatable bonds is 17. The quantitative estimate of drug-likeness (QED) is 0.249. The number of ketones is 2. The van der Waals surface area contributed by atoms with Crippen LogP contribution >= 0.6 is 0 Å². The summed E-state index contributed by atoms with van der Waals surface area (Å²) >= 11 is 0. The standard InChI is InChI=1S/C24H44O2/c1-2-3-4-5-6-7-8-9-10-11-12-13-14-15-16-17-18-22-21-23(25)19-20-24(22)26/h22H,2-21H2,1H3. The van der Waals surface area contributed by atoms with E-state index in [1.807, 2.05) is 0 Å². The molecule has 1 atom stereocenters. The molecule has 26 heavy (non-hydrogen) atoms. The summed E-state index contributed by atoms with van der Waals surface area (Å²) < 4.78 is 0. The van der Waals surface area contributed by atoms with Crippen LogP contribution in [0.4, 0.5) is 0 Å². The molecule has 0 heterocycles. The van der Waals surface area contributed by atoms with Crippen molar-refractivity contribution in [1.29, 1.82) is 0 Å². The van der Waals surface area contributed by atoms with E-state index in [1.165, 1.54) is 96.3 Å². The fraction of sp³-hybridized carbons (Fsp3) is 0.917. The molecule has 0 radical (unpaired) electrons. The van der Waals surface area contributed by atoms with Crippen LogP contribution in [0, 0.1) is 5.92 Å². The van der Waals surface area contributed by atoms with Gasteiger partial charge in [-0.05, 0) is 6.42 Å². The molecule has 1 aliphatic carbocycles. The fourth-order valence-electron chi connectivity index (χ4n) is 4.16. The van der Waals surface area contributed by atoms with Crippen LogP contribution < -0.4 is 0 Å². The third kappa shape index (κ3) is 12.7. The summed E-state index contributed by atoms with van der Waals surface area (Å²) in [6, 6.07) is 0. The Morgan fingerprint density at radius 3 is 1.50 bits per heavy atom. The summed E-state index contributed by atoms with van der Waals surface area (Å²) in [6.07, 6.45) is 24.5. The summed E-state index contributed by atoms with van der Waals surface area (Å²) in [7, 11) is 0.